The number of ether oxygens (including phenoxy) is 1. The topological polar surface area (TPSA) is 76.9 Å². The second-order valence-electron chi connectivity index (χ2n) is 4.44. The predicted molar refractivity (Wildman–Crippen MR) is 76.7 cm³/mol. The lowest BCUT2D eigenvalue weighted by molar-refractivity contribution is 0.413. The van der Waals surface area contributed by atoms with Gasteiger partial charge < -0.3 is 10.5 Å². The Kier molecular flexibility index (Phi) is 2.95. The Balaban J connectivity index is 2.34. The third-order valence-electron chi connectivity index (χ3n) is 3.20. The number of nitriles is 1. The Morgan fingerprint density at radius 2 is 2.10 bits per heavy atom. The fraction of sp³-hybridized carbons (Fsp3) is 0.0667. The van der Waals surface area contributed by atoms with Gasteiger partial charge in [-0.3, -0.25) is 4.57 Å². The van der Waals surface area contributed by atoms with Gasteiger partial charge in [-0.05, 0) is 30.3 Å². The van der Waals surface area contributed by atoms with Crippen LogP contribution >= 0.6 is 0 Å². The second-order valence-corrected chi connectivity index (χ2v) is 4.44. The van der Waals surface area contributed by atoms with Crippen molar-refractivity contribution in [3.05, 3.63) is 47.8 Å². The molecule has 0 atom stereocenters. The van der Waals surface area contributed by atoms with Gasteiger partial charge in [0, 0.05) is 6.07 Å². The highest BCUT2D eigenvalue weighted by Gasteiger charge is 2.15. The summed E-state index contributed by atoms with van der Waals surface area (Å²) in [6.45, 7) is 0. The molecule has 3 aromatic rings. The Morgan fingerprint density at radius 3 is 2.81 bits per heavy atom. The summed E-state index contributed by atoms with van der Waals surface area (Å²) < 4.78 is 20.7. The van der Waals surface area contributed by atoms with Crippen molar-refractivity contribution in [1.29, 1.82) is 5.26 Å². The second kappa shape index (κ2) is 4.80. The lowest BCUT2D eigenvalue weighted by Gasteiger charge is -2.09. The molecule has 0 saturated carbocycles. The van der Waals surface area contributed by atoms with Gasteiger partial charge in [0.2, 0.25) is 5.95 Å². The number of fused-ring (bicyclic) bond motifs is 1. The van der Waals surface area contributed by atoms with Gasteiger partial charge in [0.15, 0.2) is 0 Å². The molecule has 0 fully saturated rings. The molecule has 2 N–H and O–H groups in total. The van der Waals surface area contributed by atoms with E-state index in [9.17, 15) is 4.39 Å². The van der Waals surface area contributed by atoms with Gasteiger partial charge in [-0.25, -0.2) is 9.37 Å². The molecule has 0 spiro atoms. The first-order valence-corrected chi connectivity index (χ1v) is 6.16. The van der Waals surface area contributed by atoms with Crippen LogP contribution < -0.4 is 10.5 Å². The number of nitrogen functional groups attached to an aromatic ring is 1. The highest BCUT2D eigenvalue weighted by atomic mass is 19.1. The maximum atomic E-state index is 14.1. The van der Waals surface area contributed by atoms with Crippen LogP contribution in [-0.2, 0) is 0 Å². The average Bonchev–Trinajstić information content (AvgIpc) is 2.82. The van der Waals surface area contributed by atoms with Crippen LogP contribution in [-0.4, -0.2) is 16.7 Å². The van der Waals surface area contributed by atoms with Gasteiger partial charge in [-0.15, -0.1) is 0 Å². The molecule has 0 radical (unpaired) electrons. The van der Waals surface area contributed by atoms with E-state index in [0.717, 1.165) is 0 Å². The number of nitrogens with two attached hydrogens (primary N) is 1. The normalized spacial score (nSPS) is 10.5. The number of nitrogens with zero attached hydrogens (tertiary/aromatic N) is 3. The number of benzene rings is 2. The summed E-state index contributed by atoms with van der Waals surface area (Å²) in [6.07, 6.45) is 0. The summed E-state index contributed by atoms with van der Waals surface area (Å²) in [4.78, 5) is 4.19. The first-order chi connectivity index (χ1) is 10.1. The van der Waals surface area contributed by atoms with E-state index >= 15 is 0 Å². The number of hydrogen-bond acceptors (Lipinski definition) is 4. The molecular weight excluding hydrogens is 271 g/mol. The zero-order valence-electron chi connectivity index (χ0n) is 11.2. The van der Waals surface area contributed by atoms with Crippen molar-refractivity contribution >= 4 is 17.0 Å². The number of halogens is 1. The van der Waals surface area contributed by atoms with Crippen LogP contribution in [0.15, 0.2) is 36.4 Å². The molecule has 1 heterocycles. The zero-order chi connectivity index (χ0) is 15.0. The number of aromatic nitrogens is 2. The molecule has 21 heavy (non-hydrogen) atoms. The van der Waals surface area contributed by atoms with E-state index in [4.69, 9.17) is 15.7 Å². The monoisotopic (exact) mass is 282 g/mol. The third-order valence-corrected chi connectivity index (χ3v) is 3.20. The van der Waals surface area contributed by atoms with Gasteiger partial charge >= 0.3 is 0 Å². The van der Waals surface area contributed by atoms with Gasteiger partial charge in [0.25, 0.3) is 0 Å². The molecule has 0 aliphatic rings. The highest BCUT2D eigenvalue weighted by Crippen LogP contribution is 2.28. The molecule has 0 aliphatic carbocycles. The summed E-state index contributed by atoms with van der Waals surface area (Å²) in [6, 6.07) is 11.3. The smallest absolute Gasteiger partial charge is 0.206 e. The summed E-state index contributed by atoms with van der Waals surface area (Å²) in [5.74, 6) is 0.195. The van der Waals surface area contributed by atoms with Gasteiger partial charge in [-0.2, -0.15) is 5.26 Å². The van der Waals surface area contributed by atoms with Crippen molar-refractivity contribution in [3.63, 3.8) is 0 Å². The summed E-state index contributed by atoms with van der Waals surface area (Å²) in [5, 5.41) is 9.00. The number of rotatable bonds is 2. The molecule has 104 valence electrons. The lowest BCUT2D eigenvalue weighted by atomic mass is 10.2. The minimum absolute atomic E-state index is 0.146. The van der Waals surface area contributed by atoms with Crippen LogP contribution in [0.3, 0.4) is 0 Å². The van der Waals surface area contributed by atoms with Crippen LogP contribution in [0.2, 0.25) is 0 Å². The van der Waals surface area contributed by atoms with E-state index in [1.54, 1.807) is 18.2 Å². The first-order valence-electron chi connectivity index (χ1n) is 6.16. The highest BCUT2D eigenvalue weighted by molar-refractivity contribution is 5.82. The van der Waals surface area contributed by atoms with E-state index in [1.165, 1.54) is 29.9 Å². The molecule has 0 aliphatic heterocycles. The van der Waals surface area contributed by atoms with Crippen molar-refractivity contribution in [2.75, 3.05) is 12.8 Å². The molecule has 0 bridgehead atoms. The summed E-state index contributed by atoms with van der Waals surface area (Å²) >= 11 is 0. The maximum Gasteiger partial charge on any atom is 0.206 e. The largest absolute Gasteiger partial charge is 0.497 e. The van der Waals surface area contributed by atoms with Crippen LogP contribution in [0, 0.1) is 17.1 Å². The molecule has 2 aromatic carbocycles. The van der Waals surface area contributed by atoms with Crippen LogP contribution in [0.25, 0.3) is 16.7 Å². The maximum absolute atomic E-state index is 14.1. The van der Waals surface area contributed by atoms with E-state index in [0.29, 0.717) is 22.3 Å². The fourth-order valence-electron chi connectivity index (χ4n) is 2.21. The minimum atomic E-state index is -0.454. The van der Waals surface area contributed by atoms with Crippen molar-refractivity contribution in [2.45, 2.75) is 0 Å². The van der Waals surface area contributed by atoms with Gasteiger partial charge in [0.1, 0.15) is 11.6 Å². The summed E-state index contributed by atoms with van der Waals surface area (Å²) in [5.41, 5.74) is 7.74. The van der Waals surface area contributed by atoms with E-state index in [-0.39, 0.29) is 11.6 Å². The van der Waals surface area contributed by atoms with Crippen molar-refractivity contribution < 1.29 is 9.13 Å². The molecule has 6 heteroatoms. The van der Waals surface area contributed by atoms with Gasteiger partial charge in [-0.1, -0.05) is 0 Å². The van der Waals surface area contributed by atoms with Gasteiger partial charge in [0.05, 0.1) is 35.5 Å². The Morgan fingerprint density at radius 1 is 1.29 bits per heavy atom. The summed E-state index contributed by atoms with van der Waals surface area (Å²) in [7, 11) is 1.50. The number of methoxy groups -OCH3 is 1. The number of hydrogen-bond donors (Lipinski definition) is 1. The van der Waals surface area contributed by atoms with Crippen molar-refractivity contribution in [1.82, 2.24) is 9.55 Å². The lowest BCUT2D eigenvalue weighted by Crippen LogP contribution is -2.03. The zero-order valence-corrected chi connectivity index (χ0v) is 11.2. The predicted octanol–water partition coefficient (Wildman–Crippen LogP) is 2.63. The van der Waals surface area contributed by atoms with E-state index < -0.39 is 5.82 Å². The Bertz CT molecular complexity index is 879. The SMILES string of the molecule is COc1ccc(F)c(-n2c(N)nc3ccc(C#N)cc32)c1. The molecular formula is C15H11FN4O. The van der Waals surface area contributed by atoms with Crippen molar-refractivity contribution in [3.8, 4) is 17.5 Å². The number of imidazole rings is 1. The first kappa shape index (κ1) is 12.9. The molecule has 0 saturated heterocycles. The average molecular weight is 282 g/mol. The van der Waals surface area contributed by atoms with E-state index in [1.807, 2.05) is 6.07 Å². The number of anilines is 1. The van der Waals surface area contributed by atoms with Crippen molar-refractivity contribution in [2.24, 2.45) is 0 Å². The van der Waals surface area contributed by atoms with E-state index in [2.05, 4.69) is 4.98 Å². The Labute approximate surface area is 120 Å². The molecule has 1 aromatic heterocycles. The van der Waals surface area contributed by atoms with Crippen LogP contribution in [0.1, 0.15) is 5.56 Å². The quantitative estimate of drug-likeness (QED) is 0.783. The molecule has 5 nitrogen and oxygen atoms in total. The molecule has 0 amide bonds. The Hall–Kier alpha value is -3.07. The molecule has 0 unspecified atom stereocenters. The van der Waals surface area contributed by atoms with Crippen LogP contribution in [0.5, 0.6) is 5.75 Å². The molecule has 3 rings (SSSR count). The standard InChI is InChI=1S/C15H11FN4O/c1-21-10-3-4-11(16)13(7-10)20-14-6-9(8-17)2-5-12(14)19-15(20)18/h2-7H,1H3,(H2,18,19). The third kappa shape index (κ3) is 2.05. The van der Waals surface area contributed by atoms with Crippen LogP contribution in [0.4, 0.5) is 10.3 Å². The fourth-order valence-corrected chi connectivity index (χ4v) is 2.21. The minimum Gasteiger partial charge on any atom is -0.497 e.